The predicted molar refractivity (Wildman–Crippen MR) is 62.2 cm³/mol. The fraction of sp³-hybridized carbons (Fsp3) is 0.500. The quantitative estimate of drug-likeness (QED) is 0.804. The summed E-state index contributed by atoms with van der Waals surface area (Å²) in [6, 6.07) is 4.17. The second-order valence-corrected chi connectivity index (χ2v) is 4.10. The van der Waals surface area contributed by atoms with E-state index in [0.29, 0.717) is 11.6 Å². The Morgan fingerprint density at radius 2 is 2.25 bits per heavy atom. The summed E-state index contributed by atoms with van der Waals surface area (Å²) in [5.74, 6) is 0.0997. The zero-order chi connectivity index (χ0) is 11.4. The third-order valence-corrected chi connectivity index (χ3v) is 3.10. The summed E-state index contributed by atoms with van der Waals surface area (Å²) >= 11 is 0. The fourth-order valence-corrected chi connectivity index (χ4v) is 2.04. The van der Waals surface area contributed by atoms with Gasteiger partial charge in [0.2, 0.25) is 0 Å². The summed E-state index contributed by atoms with van der Waals surface area (Å²) < 4.78 is 0. The molecule has 4 nitrogen and oxygen atoms in total. The van der Waals surface area contributed by atoms with Crippen molar-refractivity contribution in [3.63, 3.8) is 0 Å². The standard InChI is InChI=1S/C12H17N3O/c1-13-11-4-7-15(8-5-11)12(16)10-3-2-6-14-9-10/h2-3,6,9,11,13H,4-5,7-8H2,1H3. The molecule has 1 fully saturated rings. The summed E-state index contributed by atoms with van der Waals surface area (Å²) in [6.45, 7) is 1.67. The van der Waals surface area contributed by atoms with Crippen LogP contribution in [0.15, 0.2) is 24.5 Å². The Kier molecular flexibility index (Phi) is 3.51. The zero-order valence-corrected chi connectivity index (χ0v) is 9.52. The van der Waals surface area contributed by atoms with Gasteiger partial charge in [-0.1, -0.05) is 0 Å². The van der Waals surface area contributed by atoms with Crippen LogP contribution in [0.2, 0.25) is 0 Å². The normalized spacial score (nSPS) is 17.4. The van der Waals surface area contributed by atoms with E-state index >= 15 is 0 Å². The molecule has 0 radical (unpaired) electrons. The molecule has 2 rings (SSSR count). The number of hydrogen-bond acceptors (Lipinski definition) is 3. The highest BCUT2D eigenvalue weighted by molar-refractivity contribution is 5.93. The van der Waals surface area contributed by atoms with Crippen LogP contribution < -0.4 is 5.32 Å². The van der Waals surface area contributed by atoms with Crippen molar-refractivity contribution < 1.29 is 4.79 Å². The number of piperidine rings is 1. The van der Waals surface area contributed by atoms with E-state index in [9.17, 15) is 4.79 Å². The first-order valence-corrected chi connectivity index (χ1v) is 5.68. The van der Waals surface area contributed by atoms with Gasteiger partial charge in [0, 0.05) is 31.5 Å². The number of pyridine rings is 1. The first-order valence-electron chi connectivity index (χ1n) is 5.68. The van der Waals surface area contributed by atoms with Crippen LogP contribution in [0, 0.1) is 0 Å². The highest BCUT2D eigenvalue weighted by atomic mass is 16.2. The number of hydrogen-bond donors (Lipinski definition) is 1. The lowest BCUT2D eigenvalue weighted by Crippen LogP contribution is -2.43. The third kappa shape index (κ3) is 2.39. The van der Waals surface area contributed by atoms with Crippen LogP contribution in [0.3, 0.4) is 0 Å². The Hall–Kier alpha value is -1.42. The Morgan fingerprint density at radius 3 is 2.81 bits per heavy atom. The van der Waals surface area contributed by atoms with Crippen molar-refractivity contribution in [2.24, 2.45) is 0 Å². The van der Waals surface area contributed by atoms with Gasteiger partial charge in [-0.15, -0.1) is 0 Å². The van der Waals surface area contributed by atoms with Gasteiger partial charge in [-0.3, -0.25) is 9.78 Å². The predicted octanol–water partition coefficient (Wildman–Crippen LogP) is 0.906. The van der Waals surface area contributed by atoms with Crippen LogP contribution in [-0.4, -0.2) is 42.0 Å². The minimum Gasteiger partial charge on any atom is -0.338 e. The van der Waals surface area contributed by atoms with Gasteiger partial charge in [0.05, 0.1) is 5.56 Å². The average Bonchev–Trinajstić information content (AvgIpc) is 2.39. The molecule has 1 aliphatic rings. The number of amides is 1. The number of aromatic nitrogens is 1. The van der Waals surface area contributed by atoms with Gasteiger partial charge in [-0.25, -0.2) is 0 Å². The lowest BCUT2D eigenvalue weighted by Gasteiger charge is -2.31. The van der Waals surface area contributed by atoms with Crippen LogP contribution in [0.5, 0.6) is 0 Å². The van der Waals surface area contributed by atoms with Crippen LogP contribution >= 0.6 is 0 Å². The van der Waals surface area contributed by atoms with E-state index in [0.717, 1.165) is 25.9 Å². The van der Waals surface area contributed by atoms with E-state index in [1.807, 2.05) is 18.0 Å². The molecule has 1 amide bonds. The van der Waals surface area contributed by atoms with Crippen molar-refractivity contribution in [1.29, 1.82) is 0 Å². The highest BCUT2D eigenvalue weighted by Crippen LogP contribution is 2.12. The third-order valence-electron chi connectivity index (χ3n) is 3.10. The first-order chi connectivity index (χ1) is 7.81. The van der Waals surface area contributed by atoms with Crippen molar-refractivity contribution in [2.45, 2.75) is 18.9 Å². The first kappa shape index (κ1) is 11.1. The number of nitrogens with zero attached hydrogens (tertiary/aromatic N) is 2. The van der Waals surface area contributed by atoms with E-state index < -0.39 is 0 Å². The van der Waals surface area contributed by atoms with Gasteiger partial charge in [0.25, 0.3) is 5.91 Å². The van der Waals surface area contributed by atoms with Crippen LogP contribution in [-0.2, 0) is 0 Å². The Morgan fingerprint density at radius 1 is 1.50 bits per heavy atom. The van der Waals surface area contributed by atoms with Gasteiger partial charge >= 0.3 is 0 Å². The molecule has 1 saturated heterocycles. The number of rotatable bonds is 2. The lowest BCUT2D eigenvalue weighted by atomic mass is 10.0. The summed E-state index contributed by atoms with van der Waals surface area (Å²) in [7, 11) is 1.98. The molecule has 0 aromatic carbocycles. The summed E-state index contributed by atoms with van der Waals surface area (Å²) in [6.07, 6.45) is 5.38. The van der Waals surface area contributed by atoms with E-state index in [1.54, 1.807) is 18.5 Å². The number of nitrogens with one attached hydrogen (secondary N) is 1. The van der Waals surface area contributed by atoms with Gasteiger partial charge in [0.1, 0.15) is 0 Å². The minimum absolute atomic E-state index is 0.0997. The summed E-state index contributed by atoms with van der Waals surface area (Å²) in [5.41, 5.74) is 0.686. The van der Waals surface area contributed by atoms with Gasteiger partial charge in [0.15, 0.2) is 0 Å². The molecule has 1 N–H and O–H groups in total. The molecular formula is C12H17N3O. The second kappa shape index (κ2) is 5.07. The Labute approximate surface area is 95.7 Å². The lowest BCUT2D eigenvalue weighted by molar-refractivity contribution is 0.0707. The minimum atomic E-state index is 0.0997. The maximum absolute atomic E-state index is 12.1. The summed E-state index contributed by atoms with van der Waals surface area (Å²) in [4.78, 5) is 17.9. The molecule has 1 aromatic heterocycles. The fourth-order valence-electron chi connectivity index (χ4n) is 2.04. The number of carbonyl (C=O) groups is 1. The van der Waals surface area contributed by atoms with E-state index in [4.69, 9.17) is 0 Å². The van der Waals surface area contributed by atoms with Gasteiger partial charge < -0.3 is 10.2 Å². The molecule has 0 bridgehead atoms. The number of carbonyl (C=O) groups excluding carboxylic acids is 1. The molecule has 16 heavy (non-hydrogen) atoms. The largest absolute Gasteiger partial charge is 0.338 e. The van der Waals surface area contributed by atoms with Crippen molar-refractivity contribution in [3.8, 4) is 0 Å². The van der Waals surface area contributed by atoms with Crippen molar-refractivity contribution >= 4 is 5.91 Å². The molecule has 0 saturated carbocycles. The monoisotopic (exact) mass is 219 g/mol. The van der Waals surface area contributed by atoms with E-state index in [-0.39, 0.29) is 5.91 Å². The zero-order valence-electron chi connectivity index (χ0n) is 9.52. The Bertz CT molecular complexity index is 345. The topological polar surface area (TPSA) is 45.2 Å². The van der Waals surface area contributed by atoms with E-state index in [2.05, 4.69) is 10.3 Å². The Balaban J connectivity index is 1.97. The van der Waals surface area contributed by atoms with Crippen LogP contribution in [0.1, 0.15) is 23.2 Å². The molecule has 86 valence electrons. The molecule has 0 spiro atoms. The van der Waals surface area contributed by atoms with Gasteiger partial charge in [-0.2, -0.15) is 0 Å². The highest BCUT2D eigenvalue weighted by Gasteiger charge is 2.22. The van der Waals surface area contributed by atoms with E-state index in [1.165, 1.54) is 0 Å². The molecule has 1 aromatic rings. The van der Waals surface area contributed by atoms with Crippen molar-refractivity contribution in [3.05, 3.63) is 30.1 Å². The molecule has 0 atom stereocenters. The van der Waals surface area contributed by atoms with Crippen molar-refractivity contribution in [1.82, 2.24) is 15.2 Å². The molecule has 1 aliphatic heterocycles. The molecule has 2 heterocycles. The second-order valence-electron chi connectivity index (χ2n) is 4.10. The average molecular weight is 219 g/mol. The maximum Gasteiger partial charge on any atom is 0.255 e. The molecular weight excluding hydrogens is 202 g/mol. The van der Waals surface area contributed by atoms with Crippen LogP contribution in [0.25, 0.3) is 0 Å². The smallest absolute Gasteiger partial charge is 0.255 e. The van der Waals surface area contributed by atoms with Crippen LogP contribution in [0.4, 0.5) is 0 Å². The maximum atomic E-state index is 12.1. The van der Waals surface area contributed by atoms with Crippen molar-refractivity contribution in [2.75, 3.05) is 20.1 Å². The molecule has 4 heteroatoms. The SMILES string of the molecule is CNC1CCN(C(=O)c2cccnc2)CC1. The number of likely N-dealkylation sites (tertiary alicyclic amines) is 1. The summed E-state index contributed by atoms with van der Waals surface area (Å²) in [5, 5.41) is 3.25. The molecule has 0 aliphatic carbocycles. The molecule has 0 unspecified atom stereocenters. The van der Waals surface area contributed by atoms with Gasteiger partial charge in [-0.05, 0) is 32.0 Å².